The quantitative estimate of drug-likeness (QED) is 0.758. The van der Waals surface area contributed by atoms with Gasteiger partial charge in [-0.2, -0.15) is 9.97 Å². The van der Waals surface area contributed by atoms with E-state index in [1.54, 1.807) is 6.26 Å². The molecule has 0 atom stereocenters. The highest BCUT2D eigenvalue weighted by Gasteiger charge is 2.11. The number of hydrogen-bond acceptors (Lipinski definition) is 5. The summed E-state index contributed by atoms with van der Waals surface area (Å²) in [4.78, 5) is 12.8. The predicted molar refractivity (Wildman–Crippen MR) is 72.1 cm³/mol. The van der Waals surface area contributed by atoms with Gasteiger partial charge in [0.25, 0.3) is 0 Å². The summed E-state index contributed by atoms with van der Waals surface area (Å²) >= 11 is 0. The standard InChI is InChI=1S/C14H12N4O/c1-9-11(7-8-19-9)13-16-12(17-14(15)18-13)10-5-3-2-4-6-10/h2-8H,1H3,(H2,15,16,17,18). The number of hydrogen-bond donors (Lipinski definition) is 1. The fourth-order valence-corrected chi connectivity index (χ4v) is 1.85. The molecule has 2 N–H and O–H groups in total. The number of benzene rings is 1. The number of aromatic nitrogens is 3. The van der Waals surface area contributed by atoms with Crippen LogP contribution in [-0.4, -0.2) is 15.0 Å². The van der Waals surface area contributed by atoms with Gasteiger partial charge in [0.1, 0.15) is 5.76 Å². The van der Waals surface area contributed by atoms with E-state index in [2.05, 4.69) is 15.0 Å². The maximum atomic E-state index is 5.76. The van der Waals surface area contributed by atoms with Gasteiger partial charge in [0, 0.05) is 5.56 Å². The maximum Gasteiger partial charge on any atom is 0.224 e. The lowest BCUT2D eigenvalue weighted by atomic mass is 10.2. The largest absolute Gasteiger partial charge is 0.469 e. The number of nitrogens with zero attached hydrogens (tertiary/aromatic N) is 3. The van der Waals surface area contributed by atoms with E-state index in [-0.39, 0.29) is 5.95 Å². The lowest BCUT2D eigenvalue weighted by molar-refractivity contribution is 0.535. The minimum absolute atomic E-state index is 0.199. The average molecular weight is 252 g/mol. The van der Waals surface area contributed by atoms with Gasteiger partial charge in [0.05, 0.1) is 11.8 Å². The molecule has 2 aromatic heterocycles. The molecule has 2 heterocycles. The fourth-order valence-electron chi connectivity index (χ4n) is 1.85. The lowest BCUT2D eigenvalue weighted by Gasteiger charge is -2.04. The molecule has 0 bridgehead atoms. The van der Waals surface area contributed by atoms with Gasteiger partial charge < -0.3 is 10.2 Å². The Morgan fingerprint density at radius 2 is 1.68 bits per heavy atom. The molecular formula is C14H12N4O. The van der Waals surface area contributed by atoms with Gasteiger partial charge in [-0.1, -0.05) is 30.3 Å². The van der Waals surface area contributed by atoms with Crippen molar-refractivity contribution >= 4 is 5.95 Å². The Labute approximate surface area is 110 Å². The Kier molecular flexibility index (Phi) is 2.72. The van der Waals surface area contributed by atoms with Gasteiger partial charge in [0.15, 0.2) is 11.6 Å². The molecule has 0 aliphatic rings. The van der Waals surface area contributed by atoms with Crippen molar-refractivity contribution in [3.63, 3.8) is 0 Å². The Balaban J connectivity index is 2.14. The van der Waals surface area contributed by atoms with Crippen molar-refractivity contribution in [2.24, 2.45) is 0 Å². The van der Waals surface area contributed by atoms with E-state index < -0.39 is 0 Å². The highest BCUT2D eigenvalue weighted by Crippen LogP contribution is 2.23. The zero-order valence-corrected chi connectivity index (χ0v) is 10.4. The third-order valence-corrected chi connectivity index (χ3v) is 2.78. The normalized spacial score (nSPS) is 10.6. The zero-order chi connectivity index (χ0) is 13.2. The number of anilines is 1. The SMILES string of the molecule is Cc1occc1-c1nc(N)nc(-c2ccccc2)n1. The van der Waals surface area contributed by atoms with Gasteiger partial charge in [-0.05, 0) is 13.0 Å². The van der Waals surface area contributed by atoms with Crippen LogP contribution in [0.5, 0.6) is 0 Å². The minimum atomic E-state index is 0.199. The van der Waals surface area contributed by atoms with Crippen molar-refractivity contribution in [3.05, 3.63) is 48.4 Å². The van der Waals surface area contributed by atoms with E-state index in [1.807, 2.05) is 43.3 Å². The first-order chi connectivity index (χ1) is 9.24. The summed E-state index contributed by atoms with van der Waals surface area (Å²) in [6.07, 6.45) is 1.60. The van der Waals surface area contributed by atoms with E-state index in [4.69, 9.17) is 10.2 Å². The van der Waals surface area contributed by atoms with Gasteiger partial charge >= 0.3 is 0 Å². The Bertz CT molecular complexity index is 706. The first kappa shape index (κ1) is 11.4. The Morgan fingerprint density at radius 3 is 2.37 bits per heavy atom. The van der Waals surface area contributed by atoms with E-state index in [9.17, 15) is 0 Å². The van der Waals surface area contributed by atoms with Crippen LogP contribution < -0.4 is 5.73 Å². The second-order valence-electron chi connectivity index (χ2n) is 4.10. The third kappa shape index (κ3) is 2.18. The number of rotatable bonds is 2. The highest BCUT2D eigenvalue weighted by atomic mass is 16.3. The van der Waals surface area contributed by atoms with Crippen LogP contribution in [0.15, 0.2) is 47.1 Å². The van der Waals surface area contributed by atoms with Gasteiger partial charge in [0.2, 0.25) is 5.95 Å². The molecule has 94 valence electrons. The molecule has 0 unspecified atom stereocenters. The smallest absolute Gasteiger partial charge is 0.224 e. The summed E-state index contributed by atoms with van der Waals surface area (Å²) in [5.41, 5.74) is 7.49. The molecule has 19 heavy (non-hydrogen) atoms. The van der Waals surface area contributed by atoms with Crippen molar-refractivity contribution in [3.8, 4) is 22.8 Å². The monoisotopic (exact) mass is 252 g/mol. The topological polar surface area (TPSA) is 77.8 Å². The molecule has 0 radical (unpaired) electrons. The average Bonchev–Trinajstić information content (AvgIpc) is 2.85. The van der Waals surface area contributed by atoms with Crippen molar-refractivity contribution in [1.82, 2.24) is 15.0 Å². The van der Waals surface area contributed by atoms with E-state index >= 15 is 0 Å². The first-order valence-electron chi connectivity index (χ1n) is 5.85. The minimum Gasteiger partial charge on any atom is -0.469 e. The van der Waals surface area contributed by atoms with Crippen molar-refractivity contribution < 1.29 is 4.42 Å². The Hall–Kier alpha value is -2.69. The highest BCUT2D eigenvalue weighted by molar-refractivity contribution is 5.63. The fraction of sp³-hybridized carbons (Fsp3) is 0.0714. The molecule has 0 aliphatic heterocycles. The number of nitrogen functional groups attached to an aromatic ring is 1. The molecule has 0 saturated carbocycles. The number of nitrogens with two attached hydrogens (primary N) is 1. The third-order valence-electron chi connectivity index (χ3n) is 2.78. The van der Waals surface area contributed by atoms with Crippen molar-refractivity contribution in [2.45, 2.75) is 6.92 Å². The van der Waals surface area contributed by atoms with Crippen LogP contribution in [0, 0.1) is 6.92 Å². The molecule has 3 rings (SSSR count). The number of furan rings is 1. The van der Waals surface area contributed by atoms with Crippen LogP contribution in [-0.2, 0) is 0 Å². The van der Waals surface area contributed by atoms with Crippen LogP contribution in [0.3, 0.4) is 0 Å². The molecule has 0 fully saturated rings. The summed E-state index contributed by atoms with van der Waals surface area (Å²) in [5.74, 6) is 2.04. The summed E-state index contributed by atoms with van der Waals surface area (Å²) in [5, 5.41) is 0. The summed E-state index contributed by atoms with van der Waals surface area (Å²) in [6.45, 7) is 1.86. The second-order valence-corrected chi connectivity index (χ2v) is 4.10. The molecule has 0 saturated heterocycles. The maximum absolute atomic E-state index is 5.76. The lowest BCUT2D eigenvalue weighted by Crippen LogP contribution is -2.02. The van der Waals surface area contributed by atoms with Gasteiger partial charge in [-0.3, -0.25) is 0 Å². The molecular weight excluding hydrogens is 240 g/mol. The van der Waals surface area contributed by atoms with Crippen LogP contribution in [0.4, 0.5) is 5.95 Å². The summed E-state index contributed by atoms with van der Waals surface area (Å²) < 4.78 is 5.26. The molecule has 1 aromatic carbocycles. The van der Waals surface area contributed by atoms with Crippen LogP contribution in [0.1, 0.15) is 5.76 Å². The zero-order valence-electron chi connectivity index (χ0n) is 10.4. The molecule has 3 aromatic rings. The molecule has 0 aliphatic carbocycles. The molecule has 0 spiro atoms. The summed E-state index contributed by atoms with van der Waals surface area (Å²) in [7, 11) is 0. The summed E-state index contributed by atoms with van der Waals surface area (Å²) in [6, 6.07) is 11.5. The van der Waals surface area contributed by atoms with E-state index in [0.29, 0.717) is 11.6 Å². The van der Waals surface area contributed by atoms with Crippen molar-refractivity contribution in [1.29, 1.82) is 0 Å². The molecule has 5 heteroatoms. The van der Waals surface area contributed by atoms with Gasteiger partial charge in [-0.15, -0.1) is 0 Å². The van der Waals surface area contributed by atoms with E-state index in [0.717, 1.165) is 16.9 Å². The van der Waals surface area contributed by atoms with Crippen LogP contribution in [0.2, 0.25) is 0 Å². The van der Waals surface area contributed by atoms with E-state index in [1.165, 1.54) is 0 Å². The predicted octanol–water partition coefficient (Wildman–Crippen LogP) is 2.69. The Morgan fingerprint density at radius 1 is 0.947 bits per heavy atom. The van der Waals surface area contributed by atoms with Gasteiger partial charge in [-0.25, -0.2) is 4.98 Å². The van der Waals surface area contributed by atoms with Crippen LogP contribution >= 0.6 is 0 Å². The van der Waals surface area contributed by atoms with Crippen molar-refractivity contribution in [2.75, 3.05) is 5.73 Å². The first-order valence-corrected chi connectivity index (χ1v) is 5.85. The number of aryl methyl sites for hydroxylation is 1. The molecule has 0 amide bonds. The molecule has 5 nitrogen and oxygen atoms in total. The second kappa shape index (κ2) is 4.53. The van der Waals surface area contributed by atoms with Crippen LogP contribution in [0.25, 0.3) is 22.8 Å².